The van der Waals surface area contributed by atoms with Gasteiger partial charge in [-0.3, -0.25) is 0 Å². The largest absolute Gasteiger partial charge is 0.487 e. The number of ether oxygens (including phenoxy) is 1. The second-order valence-electron chi connectivity index (χ2n) is 5.42. The van der Waals surface area contributed by atoms with Gasteiger partial charge in [0.2, 0.25) is 0 Å². The van der Waals surface area contributed by atoms with Gasteiger partial charge in [0.25, 0.3) is 0 Å². The Morgan fingerprint density at radius 1 is 0.920 bits per heavy atom. The average molecular weight is 345 g/mol. The predicted molar refractivity (Wildman–Crippen MR) is 89.2 cm³/mol. The van der Waals surface area contributed by atoms with Crippen molar-refractivity contribution in [1.29, 1.82) is 0 Å². The van der Waals surface area contributed by atoms with Crippen LogP contribution in [0.4, 0.5) is 13.2 Å². The van der Waals surface area contributed by atoms with Crippen LogP contribution in [-0.4, -0.2) is 17.5 Å². The second kappa shape index (κ2) is 6.84. The Morgan fingerprint density at radius 3 is 2.24 bits per heavy atom. The lowest BCUT2D eigenvalue weighted by molar-refractivity contribution is -0.137. The number of oxime groups is 1. The molecule has 3 nitrogen and oxygen atoms in total. The molecule has 25 heavy (non-hydrogen) atoms. The summed E-state index contributed by atoms with van der Waals surface area (Å²) in [6.07, 6.45) is -4.41. The molecule has 6 heteroatoms. The van der Waals surface area contributed by atoms with Crippen molar-refractivity contribution in [2.24, 2.45) is 5.16 Å². The lowest BCUT2D eigenvalue weighted by Crippen LogP contribution is -2.14. The van der Waals surface area contributed by atoms with Crippen molar-refractivity contribution >= 4 is 16.5 Å². The normalized spacial score (nSPS) is 12.4. The molecular weight excluding hydrogens is 331 g/mol. The van der Waals surface area contributed by atoms with Crippen molar-refractivity contribution in [3.8, 4) is 5.75 Å². The smallest absolute Gasteiger partial charge is 0.416 e. The van der Waals surface area contributed by atoms with Crippen molar-refractivity contribution < 1.29 is 23.1 Å². The highest BCUT2D eigenvalue weighted by Gasteiger charge is 2.30. The van der Waals surface area contributed by atoms with E-state index >= 15 is 0 Å². The van der Waals surface area contributed by atoms with Gasteiger partial charge in [0.1, 0.15) is 18.1 Å². The zero-order valence-electron chi connectivity index (χ0n) is 13.0. The van der Waals surface area contributed by atoms with Gasteiger partial charge in [0, 0.05) is 5.56 Å². The van der Waals surface area contributed by atoms with Crippen molar-refractivity contribution in [3.63, 3.8) is 0 Å². The molecule has 0 bridgehead atoms. The molecule has 0 aliphatic heterocycles. The van der Waals surface area contributed by atoms with Gasteiger partial charge >= 0.3 is 6.18 Å². The van der Waals surface area contributed by atoms with Crippen molar-refractivity contribution in [2.45, 2.75) is 6.18 Å². The lowest BCUT2D eigenvalue weighted by Gasteiger charge is -2.10. The fourth-order valence-corrected chi connectivity index (χ4v) is 2.43. The van der Waals surface area contributed by atoms with Crippen LogP contribution in [0.25, 0.3) is 10.8 Å². The highest BCUT2D eigenvalue weighted by molar-refractivity contribution is 6.01. The fourth-order valence-electron chi connectivity index (χ4n) is 2.43. The number of benzene rings is 3. The Morgan fingerprint density at radius 2 is 1.60 bits per heavy atom. The van der Waals surface area contributed by atoms with Gasteiger partial charge < -0.3 is 9.94 Å². The summed E-state index contributed by atoms with van der Waals surface area (Å²) in [5.74, 6) is 0.576. The van der Waals surface area contributed by atoms with Gasteiger partial charge in [0.15, 0.2) is 0 Å². The van der Waals surface area contributed by atoms with Crippen molar-refractivity contribution in [3.05, 3.63) is 77.9 Å². The molecule has 0 spiro atoms. The molecule has 0 aliphatic rings. The quantitative estimate of drug-likeness (QED) is 0.405. The standard InChI is InChI=1S/C19H14F3NO2/c20-19(21,22)16-8-5-14(6-9-16)18(23-24)12-25-17-10-7-13-3-1-2-4-15(13)11-17/h1-11,24H,12H2/b23-18+. The van der Waals surface area contributed by atoms with Gasteiger partial charge in [0.05, 0.1) is 5.56 Å². The second-order valence-corrected chi connectivity index (χ2v) is 5.42. The van der Waals surface area contributed by atoms with Crippen LogP contribution in [0.2, 0.25) is 0 Å². The van der Waals surface area contributed by atoms with Gasteiger partial charge in [-0.25, -0.2) is 0 Å². The van der Waals surface area contributed by atoms with E-state index in [-0.39, 0.29) is 12.3 Å². The summed E-state index contributed by atoms with van der Waals surface area (Å²) < 4.78 is 43.4. The van der Waals surface area contributed by atoms with Crippen LogP contribution >= 0.6 is 0 Å². The van der Waals surface area contributed by atoms with E-state index in [9.17, 15) is 13.2 Å². The molecule has 1 N–H and O–H groups in total. The number of nitrogens with zero attached hydrogens (tertiary/aromatic N) is 1. The predicted octanol–water partition coefficient (Wildman–Crippen LogP) is 5.12. The summed E-state index contributed by atoms with van der Waals surface area (Å²) in [7, 11) is 0. The molecule has 0 fully saturated rings. The highest BCUT2D eigenvalue weighted by Crippen LogP contribution is 2.29. The molecule has 0 saturated carbocycles. The first kappa shape index (κ1) is 16.8. The van der Waals surface area contributed by atoms with E-state index in [4.69, 9.17) is 9.94 Å². The van der Waals surface area contributed by atoms with E-state index in [1.807, 2.05) is 36.4 Å². The SMILES string of the molecule is O/N=C(\COc1ccc2ccccc2c1)c1ccc(C(F)(F)F)cc1. The van der Waals surface area contributed by atoms with E-state index in [2.05, 4.69) is 5.16 Å². The maximum atomic E-state index is 12.6. The Labute approximate surface area is 142 Å². The number of rotatable bonds is 4. The topological polar surface area (TPSA) is 41.8 Å². The zero-order valence-corrected chi connectivity index (χ0v) is 13.0. The first-order chi connectivity index (χ1) is 12.0. The number of fused-ring (bicyclic) bond motifs is 1. The summed E-state index contributed by atoms with van der Waals surface area (Å²) in [5, 5.41) is 14.3. The van der Waals surface area contributed by atoms with Gasteiger partial charge in [-0.15, -0.1) is 0 Å². The maximum absolute atomic E-state index is 12.6. The molecule has 0 aromatic heterocycles. The van der Waals surface area contributed by atoms with Crippen LogP contribution in [0.15, 0.2) is 71.9 Å². The molecule has 3 aromatic rings. The third-order valence-electron chi connectivity index (χ3n) is 3.76. The molecular formula is C19H14F3NO2. The zero-order chi connectivity index (χ0) is 17.9. The minimum atomic E-state index is -4.41. The summed E-state index contributed by atoms with van der Waals surface area (Å²) in [6.45, 7) is -0.0692. The third-order valence-corrected chi connectivity index (χ3v) is 3.76. The average Bonchev–Trinajstić information content (AvgIpc) is 2.62. The van der Waals surface area contributed by atoms with Crippen LogP contribution in [0.1, 0.15) is 11.1 Å². The number of hydrogen-bond donors (Lipinski definition) is 1. The molecule has 0 radical (unpaired) electrons. The molecule has 0 atom stereocenters. The van der Waals surface area contributed by atoms with Crippen LogP contribution < -0.4 is 4.74 Å². The van der Waals surface area contributed by atoms with Crippen molar-refractivity contribution in [2.75, 3.05) is 6.61 Å². The maximum Gasteiger partial charge on any atom is 0.416 e. The van der Waals surface area contributed by atoms with Crippen LogP contribution in [0, 0.1) is 0 Å². The molecule has 0 aliphatic carbocycles. The summed E-state index contributed by atoms with van der Waals surface area (Å²) in [5.41, 5.74) is -0.262. The molecule has 3 rings (SSSR count). The number of hydrogen-bond acceptors (Lipinski definition) is 3. The summed E-state index contributed by atoms with van der Waals surface area (Å²) in [6, 6.07) is 17.7. The molecule has 0 saturated heterocycles. The van der Waals surface area contributed by atoms with Crippen LogP contribution in [0.3, 0.4) is 0 Å². The Balaban J connectivity index is 1.73. The fraction of sp³-hybridized carbons (Fsp3) is 0.105. The first-order valence-corrected chi connectivity index (χ1v) is 7.47. The van der Waals surface area contributed by atoms with Crippen LogP contribution in [0.5, 0.6) is 5.75 Å². The molecule has 3 aromatic carbocycles. The molecule has 0 heterocycles. The third kappa shape index (κ3) is 3.91. The monoisotopic (exact) mass is 345 g/mol. The Hall–Kier alpha value is -3.02. The van der Waals surface area contributed by atoms with E-state index in [0.717, 1.165) is 22.9 Å². The number of halogens is 3. The highest BCUT2D eigenvalue weighted by atomic mass is 19.4. The lowest BCUT2D eigenvalue weighted by atomic mass is 10.1. The van der Waals surface area contributed by atoms with E-state index < -0.39 is 11.7 Å². The summed E-state index contributed by atoms with van der Waals surface area (Å²) >= 11 is 0. The summed E-state index contributed by atoms with van der Waals surface area (Å²) in [4.78, 5) is 0. The number of alkyl halides is 3. The molecule has 0 amide bonds. The molecule has 128 valence electrons. The van der Waals surface area contributed by atoms with Gasteiger partial charge in [-0.05, 0) is 35.0 Å². The van der Waals surface area contributed by atoms with Crippen molar-refractivity contribution in [1.82, 2.24) is 0 Å². The first-order valence-electron chi connectivity index (χ1n) is 7.47. The Bertz CT molecular complexity index is 902. The Kier molecular flexibility index (Phi) is 4.61. The van der Waals surface area contributed by atoms with E-state index in [0.29, 0.717) is 11.3 Å². The van der Waals surface area contributed by atoms with E-state index in [1.165, 1.54) is 12.1 Å². The molecule has 0 unspecified atom stereocenters. The van der Waals surface area contributed by atoms with Gasteiger partial charge in [-0.2, -0.15) is 13.2 Å². The van der Waals surface area contributed by atoms with Crippen LogP contribution in [-0.2, 0) is 6.18 Å². The van der Waals surface area contributed by atoms with E-state index in [1.54, 1.807) is 6.07 Å². The minimum Gasteiger partial charge on any atom is -0.487 e. The minimum absolute atomic E-state index is 0.0692. The van der Waals surface area contributed by atoms with Gasteiger partial charge in [-0.1, -0.05) is 47.6 Å².